The summed E-state index contributed by atoms with van der Waals surface area (Å²) in [4.78, 5) is 26.3. The fraction of sp³-hybridized carbons (Fsp3) is 0.0833. The fourth-order valence-electron chi connectivity index (χ4n) is 3.21. The van der Waals surface area contributed by atoms with Gasteiger partial charge in [0.1, 0.15) is 12.3 Å². The molecule has 0 aromatic heterocycles. The molecule has 0 radical (unpaired) electrons. The minimum absolute atomic E-state index is 0.169. The predicted octanol–water partition coefficient (Wildman–Crippen LogP) is 5.79. The van der Waals surface area contributed by atoms with Crippen LogP contribution in [0.3, 0.4) is 0 Å². The Morgan fingerprint density at radius 3 is 2.47 bits per heavy atom. The lowest BCUT2D eigenvalue weighted by Gasteiger charge is -2.14. The maximum atomic E-state index is 12.8. The third-order valence-corrected chi connectivity index (χ3v) is 5.59. The second kappa shape index (κ2) is 9.46. The lowest BCUT2D eigenvalue weighted by molar-refractivity contribution is -0.113. The summed E-state index contributed by atoms with van der Waals surface area (Å²) in [6.45, 7) is 0.327. The van der Waals surface area contributed by atoms with Gasteiger partial charge in [-0.25, -0.2) is 9.69 Å². The number of nitrogens with zero attached hydrogens (tertiary/aromatic N) is 1. The molecule has 0 aliphatic carbocycles. The molecule has 1 fully saturated rings. The highest BCUT2D eigenvalue weighted by Gasteiger charge is 2.34. The number of imide groups is 1. The summed E-state index contributed by atoms with van der Waals surface area (Å²) in [7, 11) is 1.54. The van der Waals surface area contributed by atoms with Gasteiger partial charge in [-0.05, 0) is 69.5 Å². The van der Waals surface area contributed by atoms with Crippen molar-refractivity contribution in [2.75, 3.05) is 12.0 Å². The van der Waals surface area contributed by atoms with Crippen LogP contribution in [0.5, 0.6) is 11.5 Å². The number of halogens is 2. The first-order chi connectivity index (χ1) is 15.5. The zero-order valence-corrected chi connectivity index (χ0v) is 19.3. The topological polar surface area (TPSA) is 67.9 Å². The molecule has 6 nitrogen and oxygen atoms in total. The summed E-state index contributed by atoms with van der Waals surface area (Å²) in [6.07, 6.45) is 1.60. The molecular formula is C24H18BrClN2O4. The summed E-state index contributed by atoms with van der Waals surface area (Å²) in [5.74, 6) is 0.577. The number of nitrogens with one attached hydrogen (secondary N) is 1. The van der Waals surface area contributed by atoms with Crippen LogP contribution in [0.4, 0.5) is 10.5 Å². The van der Waals surface area contributed by atoms with Crippen LogP contribution in [0.25, 0.3) is 6.08 Å². The van der Waals surface area contributed by atoms with Crippen LogP contribution in [-0.4, -0.2) is 19.0 Å². The number of benzene rings is 3. The fourth-order valence-corrected chi connectivity index (χ4v) is 3.91. The summed E-state index contributed by atoms with van der Waals surface area (Å²) < 4.78 is 12.1. The van der Waals surface area contributed by atoms with Gasteiger partial charge in [0.2, 0.25) is 0 Å². The molecule has 1 aliphatic heterocycles. The van der Waals surface area contributed by atoms with Gasteiger partial charge in [0.05, 0.1) is 17.3 Å². The number of methoxy groups -OCH3 is 1. The van der Waals surface area contributed by atoms with Gasteiger partial charge in [-0.15, -0.1) is 0 Å². The van der Waals surface area contributed by atoms with Crippen molar-refractivity contribution in [1.82, 2.24) is 5.32 Å². The van der Waals surface area contributed by atoms with Gasteiger partial charge in [0, 0.05) is 5.02 Å². The van der Waals surface area contributed by atoms with Crippen LogP contribution in [-0.2, 0) is 11.4 Å². The molecule has 8 heteroatoms. The number of hydrogen-bond donors (Lipinski definition) is 1. The number of ether oxygens (including phenoxy) is 2. The Labute approximate surface area is 198 Å². The normalized spacial score (nSPS) is 14.6. The van der Waals surface area contributed by atoms with E-state index in [-0.39, 0.29) is 5.70 Å². The Kier molecular flexibility index (Phi) is 6.48. The molecule has 0 bridgehead atoms. The third kappa shape index (κ3) is 4.64. The van der Waals surface area contributed by atoms with Gasteiger partial charge < -0.3 is 14.8 Å². The smallest absolute Gasteiger partial charge is 0.333 e. The Morgan fingerprint density at radius 2 is 1.78 bits per heavy atom. The molecular weight excluding hydrogens is 496 g/mol. The number of para-hydroxylation sites is 1. The maximum Gasteiger partial charge on any atom is 0.333 e. The molecule has 4 rings (SSSR count). The predicted molar refractivity (Wildman–Crippen MR) is 127 cm³/mol. The molecule has 0 unspecified atom stereocenters. The summed E-state index contributed by atoms with van der Waals surface area (Å²) >= 11 is 9.44. The Balaban J connectivity index is 1.57. The number of hydrogen-bond acceptors (Lipinski definition) is 4. The van der Waals surface area contributed by atoms with E-state index in [2.05, 4.69) is 21.2 Å². The lowest BCUT2D eigenvalue weighted by atomic mass is 10.1. The highest BCUT2D eigenvalue weighted by Crippen LogP contribution is 2.38. The number of carbonyl (C=O) groups excluding carboxylic acids is 2. The zero-order valence-electron chi connectivity index (χ0n) is 17.0. The molecule has 0 atom stereocenters. The molecule has 1 heterocycles. The molecule has 0 saturated carbocycles. The largest absolute Gasteiger partial charge is 0.493 e. The van der Waals surface area contributed by atoms with E-state index in [1.54, 1.807) is 54.6 Å². The van der Waals surface area contributed by atoms with Gasteiger partial charge in [-0.1, -0.05) is 41.9 Å². The van der Waals surface area contributed by atoms with E-state index >= 15 is 0 Å². The van der Waals surface area contributed by atoms with Gasteiger partial charge in [0.25, 0.3) is 5.91 Å². The van der Waals surface area contributed by atoms with Gasteiger partial charge in [-0.2, -0.15) is 0 Å². The van der Waals surface area contributed by atoms with E-state index < -0.39 is 11.9 Å². The molecule has 162 valence electrons. The van der Waals surface area contributed by atoms with E-state index in [4.69, 9.17) is 21.1 Å². The summed E-state index contributed by atoms with van der Waals surface area (Å²) in [5.41, 5.74) is 2.28. The van der Waals surface area contributed by atoms with Crippen molar-refractivity contribution in [3.63, 3.8) is 0 Å². The van der Waals surface area contributed by atoms with Gasteiger partial charge in [-0.3, -0.25) is 4.79 Å². The molecule has 3 aromatic carbocycles. The first-order valence-electron chi connectivity index (χ1n) is 9.63. The van der Waals surface area contributed by atoms with Crippen LogP contribution < -0.4 is 19.7 Å². The highest BCUT2D eigenvalue weighted by atomic mass is 79.9. The standard InChI is InChI=1S/C24H18BrClN2O4/c1-31-21-13-16(11-19(25)22(21)32-14-15-7-9-17(26)10-8-15)12-20-23(29)28(24(30)27-20)18-5-3-2-4-6-18/h2-13H,14H2,1H3,(H,27,30)/b20-12+. The number of amides is 3. The Morgan fingerprint density at radius 1 is 1.06 bits per heavy atom. The molecule has 3 amide bonds. The highest BCUT2D eigenvalue weighted by molar-refractivity contribution is 9.10. The second-order valence-electron chi connectivity index (χ2n) is 6.91. The number of anilines is 1. The molecule has 32 heavy (non-hydrogen) atoms. The van der Waals surface area contributed by atoms with Crippen molar-refractivity contribution in [1.29, 1.82) is 0 Å². The summed E-state index contributed by atoms with van der Waals surface area (Å²) in [5, 5.41) is 3.28. The molecule has 1 aliphatic rings. The Hall–Kier alpha value is -3.29. The number of urea groups is 1. The van der Waals surface area contributed by atoms with Gasteiger partial charge >= 0.3 is 6.03 Å². The SMILES string of the molecule is COc1cc(/C=C2/NC(=O)N(c3ccccc3)C2=O)cc(Br)c1OCc1ccc(Cl)cc1. The van der Waals surface area contributed by atoms with Crippen molar-refractivity contribution in [2.24, 2.45) is 0 Å². The quantitative estimate of drug-likeness (QED) is 0.335. The van der Waals surface area contributed by atoms with Gasteiger partial charge in [0.15, 0.2) is 11.5 Å². The zero-order chi connectivity index (χ0) is 22.7. The van der Waals surface area contributed by atoms with E-state index in [0.717, 1.165) is 10.5 Å². The van der Waals surface area contributed by atoms with E-state index in [1.165, 1.54) is 7.11 Å². The van der Waals surface area contributed by atoms with Crippen LogP contribution in [0, 0.1) is 0 Å². The Bertz CT molecular complexity index is 1200. The van der Waals surface area contributed by atoms with Crippen LogP contribution in [0.15, 0.2) is 76.9 Å². The number of rotatable bonds is 6. The van der Waals surface area contributed by atoms with Crippen molar-refractivity contribution >= 4 is 51.2 Å². The van der Waals surface area contributed by atoms with Crippen molar-refractivity contribution < 1.29 is 19.1 Å². The number of carbonyl (C=O) groups is 2. The average molecular weight is 514 g/mol. The maximum absolute atomic E-state index is 12.8. The van der Waals surface area contributed by atoms with Crippen molar-refractivity contribution in [3.05, 3.63) is 93.0 Å². The molecule has 1 saturated heterocycles. The molecule has 1 N–H and O–H groups in total. The van der Waals surface area contributed by atoms with Crippen LogP contribution in [0.1, 0.15) is 11.1 Å². The minimum Gasteiger partial charge on any atom is -0.493 e. The minimum atomic E-state index is -0.499. The molecule has 3 aromatic rings. The first kappa shape index (κ1) is 21.9. The van der Waals surface area contributed by atoms with E-state index in [9.17, 15) is 9.59 Å². The van der Waals surface area contributed by atoms with Crippen molar-refractivity contribution in [2.45, 2.75) is 6.61 Å². The van der Waals surface area contributed by atoms with E-state index in [0.29, 0.717) is 38.9 Å². The van der Waals surface area contributed by atoms with Crippen LogP contribution >= 0.6 is 27.5 Å². The van der Waals surface area contributed by atoms with Crippen LogP contribution in [0.2, 0.25) is 5.02 Å². The molecule has 0 spiro atoms. The lowest BCUT2D eigenvalue weighted by Crippen LogP contribution is -2.30. The van der Waals surface area contributed by atoms with E-state index in [1.807, 2.05) is 18.2 Å². The second-order valence-corrected chi connectivity index (χ2v) is 8.20. The average Bonchev–Trinajstić information content (AvgIpc) is 3.07. The third-order valence-electron chi connectivity index (χ3n) is 4.75. The van der Waals surface area contributed by atoms with Crippen molar-refractivity contribution in [3.8, 4) is 11.5 Å². The summed E-state index contributed by atoms with van der Waals surface area (Å²) in [6, 6.07) is 19.1. The first-order valence-corrected chi connectivity index (χ1v) is 10.8. The monoisotopic (exact) mass is 512 g/mol.